The standard InChI is InChI=1S/C9H16N4O/c1-2-5-11-9(13-10)12-7-8-4-3-6-14-8/h3-4,6H,2,5,7,10H2,1H3,(H2,11,12,13). The maximum Gasteiger partial charge on any atom is 0.206 e. The maximum atomic E-state index is 5.28. The van der Waals surface area contributed by atoms with Gasteiger partial charge in [0.2, 0.25) is 5.96 Å². The first-order valence-corrected chi connectivity index (χ1v) is 4.64. The van der Waals surface area contributed by atoms with Crippen molar-refractivity contribution in [3.63, 3.8) is 0 Å². The second-order valence-electron chi connectivity index (χ2n) is 2.82. The van der Waals surface area contributed by atoms with Crippen molar-refractivity contribution in [2.45, 2.75) is 19.9 Å². The van der Waals surface area contributed by atoms with Crippen molar-refractivity contribution in [1.29, 1.82) is 0 Å². The zero-order valence-corrected chi connectivity index (χ0v) is 8.29. The number of hydrogen-bond donors (Lipinski definition) is 3. The van der Waals surface area contributed by atoms with Crippen LogP contribution in [0.1, 0.15) is 19.1 Å². The molecular formula is C9H16N4O. The summed E-state index contributed by atoms with van der Waals surface area (Å²) < 4.78 is 5.13. The molecule has 0 unspecified atom stereocenters. The molecular weight excluding hydrogens is 180 g/mol. The highest BCUT2D eigenvalue weighted by Gasteiger charge is 1.96. The summed E-state index contributed by atoms with van der Waals surface area (Å²) in [6, 6.07) is 3.71. The number of nitrogens with two attached hydrogens (primary N) is 1. The number of nitrogens with zero attached hydrogens (tertiary/aromatic N) is 1. The summed E-state index contributed by atoms with van der Waals surface area (Å²) in [7, 11) is 0. The van der Waals surface area contributed by atoms with Gasteiger partial charge < -0.3 is 9.73 Å². The van der Waals surface area contributed by atoms with Crippen LogP contribution in [-0.4, -0.2) is 12.5 Å². The fraction of sp³-hybridized carbons (Fsp3) is 0.444. The minimum absolute atomic E-state index is 0.489. The molecule has 14 heavy (non-hydrogen) atoms. The van der Waals surface area contributed by atoms with Gasteiger partial charge in [-0.3, -0.25) is 5.43 Å². The normalized spacial score (nSPS) is 11.4. The van der Waals surface area contributed by atoms with Gasteiger partial charge in [-0.2, -0.15) is 0 Å². The summed E-state index contributed by atoms with van der Waals surface area (Å²) in [5.74, 6) is 6.68. The fourth-order valence-electron chi connectivity index (χ4n) is 0.955. The maximum absolute atomic E-state index is 5.28. The van der Waals surface area contributed by atoms with E-state index in [9.17, 15) is 0 Å². The predicted molar refractivity (Wildman–Crippen MR) is 55.5 cm³/mol. The van der Waals surface area contributed by atoms with Crippen molar-refractivity contribution in [3.05, 3.63) is 24.2 Å². The van der Waals surface area contributed by atoms with Gasteiger partial charge in [-0.05, 0) is 18.6 Å². The van der Waals surface area contributed by atoms with E-state index in [4.69, 9.17) is 10.3 Å². The van der Waals surface area contributed by atoms with Crippen LogP contribution < -0.4 is 16.6 Å². The molecule has 0 aliphatic heterocycles. The molecule has 1 rings (SSSR count). The molecule has 0 aliphatic rings. The summed E-state index contributed by atoms with van der Waals surface area (Å²) in [6.45, 7) is 3.41. The lowest BCUT2D eigenvalue weighted by Gasteiger charge is -2.06. The summed E-state index contributed by atoms with van der Waals surface area (Å²) in [6.07, 6.45) is 2.65. The number of aliphatic imine (C=N–C) groups is 1. The molecule has 0 radical (unpaired) electrons. The second kappa shape index (κ2) is 6.04. The molecule has 5 heteroatoms. The third-order valence-electron chi connectivity index (χ3n) is 1.65. The van der Waals surface area contributed by atoms with E-state index in [1.165, 1.54) is 0 Å². The first-order chi connectivity index (χ1) is 6.86. The van der Waals surface area contributed by atoms with Crippen molar-refractivity contribution in [2.75, 3.05) is 6.54 Å². The average molecular weight is 196 g/mol. The van der Waals surface area contributed by atoms with Gasteiger partial charge in [-0.25, -0.2) is 10.8 Å². The Hall–Kier alpha value is -1.49. The Bertz CT molecular complexity index is 268. The molecule has 0 aliphatic carbocycles. The fourth-order valence-corrected chi connectivity index (χ4v) is 0.955. The second-order valence-corrected chi connectivity index (χ2v) is 2.82. The number of hydrazine groups is 1. The van der Waals surface area contributed by atoms with Gasteiger partial charge in [-0.1, -0.05) is 6.92 Å². The molecule has 0 spiro atoms. The summed E-state index contributed by atoms with van der Waals surface area (Å²) in [4.78, 5) is 4.20. The highest BCUT2D eigenvalue weighted by atomic mass is 16.3. The van der Waals surface area contributed by atoms with E-state index in [-0.39, 0.29) is 0 Å². The van der Waals surface area contributed by atoms with Crippen LogP contribution in [0.15, 0.2) is 27.8 Å². The third kappa shape index (κ3) is 3.49. The molecule has 0 amide bonds. The SMILES string of the molecule is CCCNC(=NCc1ccco1)NN. The number of rotatable bonds is 4. The molecule has 0 atom stereocenters. The zero-order chi connectivity index (χ0) is 10.2. The molecule has 1 aromatic rings. The third-order valence-corrected chi connectivity index (χ3v) is 1.65. The summed E-state index contributed by atoms with van der Waals surface area (Å²) >= 11 is 0. The minimum atomic E-state index is 0.489. The minimum Gasteiger partial charge on any atom is -0.467 e. The molecule has 0 aromatic carbocycles. The quantitative estimate of drug-likeness (QED) is 0.285. The lowest BCUT2D eigenvalue weighted by Crippen LogP contribution is -2.41. The first kappa shape index (κ1) is 10.6. The predicted octanol–water partition coefficient (Wildman–Crippen LogP) is 0.599. The van der Waals surface area contributed by atoms with Crippen LogP contribution in [0.4, 0.5) is 0 Å². The van der Waals surface area contributed by atoms with Crippen LogP contribution in [-0.2, 0) is 6.54 Å². The Morgan fingerprint density at radius 1 is 1.64 bits per heavy atom. The topological polar surface area (TPSA) is 75.6 Å². The van der Waals surface area contributed by atoms with Crippen molar-refractivity contribution >= 4 is 5.96 Å². The average Bonchev–Trinajstić information content (AvgIpc) is 2.71. The Kier molecular flexibility index (Phi) is 4.57. The molecule has 5 nitrogen and oxygen atoms in total. The summed E-state index contributed by atoms with van der Waals surface area (Å²) in [5, 5.41) is 3.05. The molecule has 0 fully saturated rings. The van der Waals surface area contributed by atoms with E-state index in [1.54, 1.807) is 6.26 Å². The van der Waals surface area contributed by atoms with E-state index in [0.717, 1.165) is 18.7 Å². The van der Waals surface area contributed by atoms with Crippen LogP contribution >= 0.6 is 0 Å². The Balaban J connectivity index is 2.39. The molecule has 0 saturated heterocycles. The van der Waals surface area contributed by atoms with Crippen LogP contribution in [0.25, 0.3) is 0 Å². The van der Waals surface area contributed by atoms with E-state index < -0.39 is 0 Å². The Morgan fingerprint density at radius 3 is 3.07 bits per heavy atom. The number of nitrogens with one attached hydrogen (secondary N) is 2. The van der Waals surface area contributed by atoms with Gasteiger partial charge in [0.1, 0.15) is 12.3 Å². The number of guanidine groups is 1. The van der Waals surface area contributed by atoms with Crippen LogP contribution in [0.5, 0.6) is 0 Å². The highest BCUT2D eigenvalue weighted by Crippen LogP contribution is 2.00. The largest absolute Gasteiger partial charge is 0.467 e. The van der Waals surface area contributed by atoms with Crippen molar-refractivity contribution in [2.24, 2.45) is 10.8 Å². The molecule has 0 saturated carbocycles. The monoisotopic (exact) mass is 196 g/mol. The van der Waals surface area contributed by atoms with Gasteiger partial charge in [0.05, 0.1) is 6.26 Å². The molecule has 1 heterocycles. The van der Waals surface area contributed by atoms with Gasteiger partial charge in [0.15, 0.2) is 0 Å². The van der Waals surface area contributed by atoms with E-state index >= 15 is 0 Å². The van der Waals surface area contributed by atoms with Gasteiger partial charge in [0, 0.05) is 6.54 Å². The molecule has 1 aromatic heterocycles. The van der Waals surface area contributed by atoms with Gasteiger partial charge >= 0.3 is 0 Å². The van der Waals surface area contributed by atoms with Crippen molar-refractivity contribution in [1.82, 2.24) is 10.7 Å². The smallest absolute Gasteiger partial charge is 0.206 e. The molecule has 78 valence electrons. The first-order valence-electron chi connectivity index (χ1n) is 4.64. The zero-order valence-electron chi connectivity index (χ0n) is 8.29. The van der Waals surface area contributed by atoms with E-state index in [0.29, 0.717) is 12.5 Å². The number of furan rings is 1. The van der Waals surface area contributed by atoms with Crippen LogP contribution in [0.2, 0.25) is 0 Å². The van der Waals surface area contributed by atoms with E-state index in [2.05, 4.69) is 22.7 Å². The Morgan fingerprint density at radius 2 is 2.50 bits per heavy atom. The van der Waals surface area contributed by atoms with Gasteiger partial charge in [0.25, 0.3) is 0 Å². The van der Waals surface area contributed by atoms with Gasteiger partial charge in [-0.15, -0.1) is 0 Å². The van der Waals surface area contributed by atoms with E-state index in [1.807, 2.05) is 12.1 Å². The Labute approximate surface area is 83.4 Å². The lowest BCUT2D eigenvalue weighted by atomic mass is 10.4. The van der Waals surface area contributed by atoms with Crippen molar-refractivity contribution < 1.29 is 4.42 Å². The van der Waals surface area contributed by atoms with Crippen molar-refractivity contribution in [3.8, 4) is 0 Å². The van der Waals surface area contributed by atoms with Crippen LogP contribution in [0, 0.1) is 0 Å². The molecule has 4 N–H and O–H groups in total. The number of hydrogen-bond acceptors (Lipinski definition) is 3. The highest BCUT2D eigenvalue weighted by molar-refractivity contribution is 5.79. The summed E-state index contributed by atoms with van der Waals surface area (Å²) in [5.41, 5.74) is 2.50. The lowest BCUT2D eigenvalue weighted by molar-refractivity contribution is 0.512. The molecule has 0 bridgehead atoms. The van der Waals surface area contributed by atoms with Crippen LogP contribution in [0.3, 0.4) is 0 Å².